The molecule has 0 aliphatic rings. The van der Waals surface area contributed by atoms with Gasteiger partial charge in [0.05, 0.1) is 5.69 Å². The Hall–Kier alpha value is -1.91. The van der Waals surface area contributed by atoms with Crippen LogP contribution in [0.25, 0.3) is 17.1 Å². The van der Waals surface area contributed by atoms with Gasteiger partial charge in [-0.05, 0) is 59.3 Å². The van der Waals surface area contributed by atoms with Crippen molar-refractivity contribution in [2.75, 3.05) is 0 Å². The predicted octanol–water partition coefficient (Wildman–Crippen LogP) is 3.94. The van der Waals surface area contributed by atoms with Crippen LogP contribution < -0.4 is 0 Å². The third kappa shape index (κ3) is 2.28. The number of halogens is 2. The Balaban J connectivity index is 2.15. The van der Waals surface area contributed by atoms with Gasteiger partial charge in [-0.15, -0.1) is 5.10 Å². The second-order valence-corrected chi connectivity index (χ2v) is 5.15. The zero-order valence-electron chi connectivity index (χ0n) is 10.6. The maximum Gasteiger partial charge on any atom is 0.187 e. The van der Waals surface area contributed by atoms with E-state index >= 15 is 0 Å². The first-order valence-corrected chi connectivity index (χ1v) is 6.72. The molecule has 0 saturated carbocycles. The number of aromatic nitrogens is 4. The second kappa shape index (κ2) is 5.23. The maximum atomic E-state index is 6.15. The molecule has 3 rings (SSSR count). The molecule has 0 bridgehead atoms. The van der Waals surface area contributed by atoms with Gasteiger partial charge in [0.1, 0.15) is 0 Å². The highest BCUT2D eigenvalue weighted by atomic mass is 35.5. The molecule has 0 N–H and O–H groups in total. The summed E-state index contributed by atoms with van der Waals surface area (Å²) in [5, 5.41) is 13.2. The molecule has 0 saturated heterocycles. The number of tetrazole rings is 1. The highest BCUT2D eigenvalue weighted by Crippen LogP contribution is 2.26. The fourth-order valence-electron chi connectivity index (χ4n) is 1.95. The number of nitrogens with zero attached hydrogens (tertiary/aromatic N) is 4. The topological polar surface area (TPSA) is 43.6 Å². The van der Waals surface area contributed by atoms with Crippen molar-refractivity contribution in [2.24, 2.45) is 0 Å². The van der Waals surface area contributed by atoms with E-state index in [0.29, 0.717) is 15.9 Å². The van der Waals surface area contributed by atoms with Gasteiger partial charge in [0.2, 0.25) is 0 Å². The lowest BCUT2D eigenvalue weighted by atomic mass is 10.1. The fraction of sp³-hybridized carbons (Fsp3) is 0.0714. The van der Waals surface area contributed by atoms with Crippen LogP contribution in [0.2, 0.25) is 10.0 Å². The maximum absolute atomic E-state index is 6.15. The lowest BCUT2D eigenvalue weighted by Crippen LogP contribution is -2.02. The van der Waals surface area contributed by atoms with Crippen LogP contribution in [0.4, 0.5) is 0 Å². The molecule has 2 aromatic carbocycles. The van der Waals surface area contributed by atoms with Gasteiger partial charge < -0.3 is 0 Å². The van der Waals surface area contributed by atoms with Crippen LogP contribution in [0.15, 0.2) is 42.5 Å². The van der Waals surface area contributed by atoms with E-state index in [1.165, 1.54) is 0 Å². The molecule has 3 aromatic rings. The molecule has 4 nitrogen and oxygen atoms in total. The van der Waals surface area contributed by atoms with E-state index in [4.69, 9.17) is 23.2 Å². The summed E-state index contributed by atoms with van der Waals surface area (Å²) in [5.74, 6) is 0.645. The van der Waals surface area contributed by atoms with Crippen molar-refractivity contribution in [3.05, 3.63) is 58.1 Å². The van der Waals surface area contributed by atoms with Crippen LogP contribution in [0, 0.1) is 6.92 Å². The molecule has 0 aliphatic carbocycles. The largest absolute Gasteiger partial charge is 0.192 e. The van der Waals surface area contributed by atoms with Crippen LogP contribution in [-0.4, -0.2) is 20.2 Å². The average Bonchev–Trinajstić information content (AvgIpc) is 2.92. The number of rotatable bonds is 2. The molecule has 0 unspecified atom stereocenters. The van der Waals surface area contributed by atoms with E-state index < -0.39 is 0 Å². The molecule has 0 atom stereocenters. The Bertz CT molecular complexity index is 750. The highest BCUT2D eigenvalue weighted by Gasteiger charge is 2.13. The van der Waals surface area contributed by atoms with E-state index in [1.807, 2.05) is 37.3 Å². The van der Waals surface area contributed by atoms with Crippen molar-refractivity contribution in [3.8, 4) is 17.1 Å². The molecule has 100 valence electrons. The van der Waals surface area contributed by atoms with E-state index in [0.717, 1.165) is 16.8 Å². The number of hydrogen-bond acceptors (Lipinski definition) is 3. The zero-order chi connectivity index (χ0) is 14.1. The van der Waals surface area contributed by atoms with Gasteiger partial charge in [-0.2, -0.15) is 4.68 Å². The Morgan fingerprint density at radius 2 is 1.75 bits per heavy atom. The van der Waals surface area contributed by atoms with Gasteiger partial charge >= 0.3 is 0 Å². The molecule has 0 amide bonds. The van der Waals surface area contributed by atoms with Gasteiger partial charge in [-0.1, -0.05) is 29.3 Å². The zero-order valence-corrected chi connectivity index (χ0v) is 12.1. The third-order valence-electron chi connectivity index (χ3n) is 3.04. The van der Waals surface area contributed by atoms with Crippen LogP contribution in [0.1, 0.15) is 5.56 Å². The van der Waals surface area contributed by atoms with Gasteiger partial charge in [0.25, 0.3) is 0 Å². The van der Waals surface area contributed by atoms with Crippen LogP contribution in [0.5, 0.6) is 0 Å². The van der Waals surface area contributed by atoms with Crippen LogP contribution in [0.3, 0.4) is 0 Å². The highest BCUT2D eigenvalue weighted by molar-refractivity contribution is 6.31. The molecular weight excluding hydrogens is 295 g/mol. The summed E-state index contributed by atoms with van der Waals surface area (Å²) in [7, 11) is 0. The van der Waals surface area contributed by atoms with Crippen molar-refractivity contribution < 1.29 is 0 Å². The lowest BCUT2D eigenvalue weighted by Gasteiger charge is -2.09. The van der Waals surface area contributed by atoms with E-state index in [2.05, 4.69) is 15.5 Å². The summed E-state index contributed by atoms with van der Waals surface area (Å²) < 4.78 is 1.67. The van der Waals surface area contributed by atoms with Crippen molar-refractivity contribution in [2.45, 2.75) is 6.92 Å². The number of hydrogen-bond donors (Lipinski definition) is 0. The summed E-state index contributed by atoms with van der Waals surface area (Å²) in [4.78, 5) is 0. The van der Waals surface area contributed by atoms with Gasteiger partial charge in [-0.3, -0.25) is 0 Å². The molecule has 1 heterocycles. The summed E-state index contributed by atoms with van der Waals surface area (Å²) >= 11 is 12.1. The SMILES string of the molecule is Cc1c(Cl)cccc1-n1nnnc1-c1ccc(Cl)cc1. The Morgan fingerprint density at radius 3 is 2.50 bits per heavy atom. The number of benzene rings is 2. The van der Waals surface area contributed by atoms with E-state index in [1.54, 1.807) is 16.8 Å². The molecular formula is C14H10Cl2N4. The Morgan fingerprint density at radius 1 is 1.00 bits per heavy atom. The van der Waals surface area contributed by atoms with Crippen molar-refractivity contribution in [3.63, 3.8) is 0 Å². The fourth-order valence-corrected chi connectivity index (χ4v) is 2.25. The molecule has 0 radical (unpaired) electrons. The second-order valence-electron chi connectivity index (χ2n) is 4.31. The predicted molar refractivity (Wildman–Crippen MR) is 79.3 cm³/mol. The van der Waals surface area contributed by atoms with E-state index in [9.17, 15) is 0 Å². The summed E-state index contributed by atoms with van der Waals surface area (Å²) in [6, 6.07) is 13.0. The minimum absolute atomic E-state index is 0.645. The molecule has 0 aliphatic heterocycles. The van der Waals surface area contributed by atoms with Crippen LogP contribution in [-0.2, 0) is 0 Å². The third-order valence-corrected chi connectivity index (χ3v) is 3.70. The lowest BCUT2D eigenvalue weighted by molar-refractivity contribution is 0.787. The molecule has 20 heavy (non-hydrogen) atoms. The summed E-state index contributed by atoms with van der Waals surface area (Å²) in [6.07, 6.45) is 0. The molecule has 0 spiro atoms. The van der Waals surface area contributed by atoms with Gasteiger partial charge in [0.15, 0.2) is 5.82 Å². The first-order chi connectivity index (χ1) is 9.66. The van der Waals surface area contributed by atoms with E-state index in [-0.39, 0.29) is 0 Å². The van der Waals surface area contributed by atoms with Crippen molar-refractivity contribution >= 4 is 23.2 Å². The summed E-state index contributed by atoms with van der Waals surface area (Å²) in [6.45, 7) is 1.94. The first kappa shape index (κ1) is 13.1. The van der Waals surface area contributed by atoms with Gasteiger partial charge in [0, 0.05) is 15.6 Å². The molecule has 0 fully saturated rings. The quantitative estimate of drug-likeness (QED) is 0.720. The summed E-state index contributed by atoms with van der Waals surface area (Å²) in [5.41, 5.74) is 2.67. The first-order valence-electron chi connectivity index (χ1n) is 5.96. The smallest absolute Gasteiger partial charge is 0.187 e. The Kier molecular flexibility index (Phi) is 3.42. The Labute approximate surface area is 126 Å². The molecule has 1 aromatic heterocycles. The molecule has 6 heteroatoms. The van der Waals surface area contributed by atoms with Crippen molar-refractivity contribution in [1.82, 2.24) is 20.2 Å². The average molecular weight is 305 g/mol. The van der Waals surface area contributed by atoms with Crippen molar-refractivity contribution in [1.29, 1.82) is 0 Å². The monoisotopic (exact) mass is 304 g/mol. The standard InChI is InChI=1S/C14H10Cl2N4/c1-9-12(16)3-2-4-13(9)20-14(17-18-19-20)10-5-7-11(15)8-6-10/h2-8H,1H3. The van der Waals surface area contributed by atoms with Crippen LogP contribution >= 0.6 is 23.2 Å². The minimum atomic E-state index is 0.645. The minimum Gasteiger partial charge on any atom is -0.192 e. The normalized spacial score (nSPS) is 10.8. The van der Waals surface area contributed by atoms with Gasteiger partial charge in [-0.25, -0.2) is 0 Å².